The number of nitrogens with one attached hydrogen (secondary N) is 1. The second-order valence-corrected chi connectivity index (χ2v) is 8.33. The van der Waals surface area contributed by atoms with Crippen molar-refractivity contribution in [2.75, 3.05) is 13.1 Å². The van der Waals surface area contributed by atoms with E-state index in [0.29, 0.717) is 24.4 Å². The molecule has 0 heterocycles. The second kappa shape index (κ2) is 8.19. The van der Waals surface area contributed by atoms with E-state index >= 15 is 0 Å². The van der Waals surface area contributed by atoms with Crippen molar-refractivity contribution in [1.29, 1.82) is 0 Å². The first-order valence-electron chi connectivity index (χ1n) is 9.87. The number of ether oxygens (including phenoxy) is 2. The van der Waals surface area contributed by atoms with Crippen LogP contribution in [0.3, 0.4) is 0 Å². The van der Waals surface area contributed by atoms with Crippen LogP contribution in [0.1, 0.15) is 63.2 Å². The highest BCUT2D eigenvalue weighted by atomic mass is 16.6. The van der Waals surface area contributed by atoms with Crippen LogP contribution in [-0.2, 0) is 4.74 Å². The smallest absolute Gasteiger partial charge is 0.410 e. The van der Waals surface area contributed by atoms with Gasteiger partial charge in [0.15, 0.2) is 0 Å². The fraction of sp³-hybridized carbons (Fsp3) is 0.619. The number of hydrogen-bond acceptors (Lipinski definition) is 4. The van der Waals surface area contributed by atoms with Gasteiger partial charge in [-0.15, -0.1) is 0 Å². The molecule has 6 heteroatoms. The van der Waals surface area contributed by atoms with Crippen LogP contribution in [-0.4, -0.2) is 47.7 Å². The van der Waals surface area contributed by atoms with Crippen LogP contribution in [0.2, 0.25) is 0 Å². The zero-order chi connectivity index (χ0) is 19.4. The lowest BCUT2D eigenvalue weighted by Gasteiger charge is -2.28. The van der Waals surface area contributed by atoms with Crippen LogP contribution in [0.15, 0.2) is 24.3 Å². The molecule has 0 spiro atoms. The third kappa shape index (κ3) is 5.62. The van der Waals surface area contributed by atoms with Gasteiger partial charge in [0.25, 0.3) is 5.91 Å². The van der Waals surface area contributed by atoms with Crippen molar-refractivity contribution in [2.45, 2.75) is 70.6 Å². The molecule has 6 nitrogen and oxygen atoms in total. The summed E-state index contributed by atoms with van der Waals surface area (Å²) in [5.74, 6) is 0.454. The van der Waals surface area contributed by atoms with Gasteiger partial charge in [-0.1, -0.05) is 12.1 Å². The van der Waals surface area contributed by atoms with E-state index in [9.17, 15) is 9.59 Å². The van der Waals surface area contributed by atoms with Gasteiger partial charge < -0.3 is 19.7 Å². The number of nitrogens with zero attached hydrogens (tertiary/aromatic N) is 1. The Morgan fingerprint density at radius 1 is 1.15 bits per heavy atom. The zero-order valence-electron chi connectivity index (χ0n) is 16.5. The van der Waals surface area contributed by atoms with Crippen molar-refractivity contribution in [2.24, 2.45) is 0 Å². The van der Waals surface area contributed by atoms with Gasteiger partial charge in [0.1, 0.15) is 11.4 Å². The van der Waals surface area contributed by atoms with Crippen molar-refractivity contribution in [3.05, 3.63) is 29.8 Å². The molecule has 1 N–H and O–H groups in total. The van der Waals surface area contributed by atoms with E-state index in [4.69, 9.17) is 9.47 Å². The molecule has 2 fully saturated rings. The molecule has 2 saturated carbocycles. The molecule has 3 rings (SSSR count). The average molecular weight is 374 g/mol. The molecule has 2 aliphatic rings. The molecule has 148 valence electrons. The summed E-state index contributed by atoms with van der Waals surface area (Å²) in [4.78, 5) is 26.7. The minimum Gasteiger partial charge on any atom is -0.490 e. The van der Waals surface area contributed by atoms with E-state index in [-0.39, 0.29) is 24.1 Å². The molecular weight excluding hydrogens is 344 g/mol. The van der Waals surface area contributed by atoms with Gasteiger partial charge in [-0.3, -0.25) is 4.79 Å². The van der Waals surface area contributed by atoms with E-state index in [1.807, 2.05) is 39.0 Å². The summed E-state index contributed by atoms with van der Waals surface area (Å²) in [5, 5.41) is 2.91. The molecule has 0 bridgehead atoms. The van der Waals surface area contributed by atoms with E-state index < -0.39 is 5.60 Å². The summed E-state index contributed by atoms with van der Waals surface area (Å²) in [7, 11) is 0. The number of hydrogen-bond donors (Lipinski definition) is 1. The Morgan fingerprint density at radius 3 is 2.44 bits per heavy atom. The largest absolute Gasteiger partial charge is 0.490 e. The number of para-hydroxylation sites is 1. The first-order valence-corrected chi connectivity index (χ1v) is 9.87. The molecule has 2 aliphatic carbocycles. The SMILES string of the molecule is CC(C)(C)OC(=O)N(CCNC(=O)c1ccccc1OC1CCC1)C1CC1. The molecular formula is C21H30N2O4. The molecule has 0 aromatic heterocycles. The lowest BCUT2D eigenvalue weighted by Crippen LogP contribution is -2.42. The average Bonchev–Trinajstić information content (AvgIpc) is 3.38. The first-order chi connectivity index (χ1) is 12.8. The zero-order valence-corrected chi connectivity index (χ0v) is 16.5. The van der Waals surface area contributed by atoms with Crippen molar-refractivity contribution in [3.63, 3.8) is 0 Å². The van der Waals surface area contributed by atoms with Crippen LogP contribution in [0.25, 0.3) is 0 Å². The van der Waals surface area contributed by atoms with Gasteiger partial charge in [-0.05, 0) is 65.0 Å². The summed E-state index contributed by atoms with van der Waals surface area (Å²) in [5.41, 5.74) is 0.0188. The first kappa shape index (κ1) is 19.5. The number of amides is 2. The summed E-state index contributed by atoms with van der Waals surface area (Å²) in [6.07, 6.45) is 5.16. The monoisotopic (exact) mass is 374 g/mol. The van der Waals surface area contributed by atoms with E-state index in [0.717, 1.165) is 25.7 Å². The van der Waals surface area contributed by atoms with Crippen molar-refractivity contribution in [3.8, 4) is 5.75 Å². The highest BCUT2D eigenvalue weighted by Gasteiger charge is 2.35. The Morgan fingerprint density at radius 2 is 1.85 bits per heavy atom. The molecule has 0 unspecified atom stereocenters. The number of carbonyl (C=O) groups is 2. The van der Waals surface area contributed by atoms with Gasteiger partial charge in [0.2, 0.25) is 0 Å². The third-order valence-electron chi connectivity index (χ3n) is 4.73. The molecule has 27 heavy (non-hydrogen) atoms. The maximum Gasteiger partial charge on any atom is 0.410 e. The third-order valence-corrected chi connectivity index (χ3v) is 4.73. The van der Waals surface area contributed by atoms with Crippen LogP contribution in [0, 0.1) is 0 Å². The molecule has 1 aromatic rings. The molecule has 1 aromatic carbocycles. The summed E-state index contributed by atoms with van der Waals surface area (Å²) in [6, 6.07) is 7.55. The highest BCUT2D eigenvalue weighted by Crippen LogP contribution is 2.29. The van der Waals surface area contributed by atoms with Crippen LogP contribution >= 0.6 is 0 Å². The van der Waals surface area contributed by atoms with Gasteiger partial charge in [0.05, 0.1) is 11.7 Å². The number of benzene rings is 1. The molecule has 0 radical (unpaired) electrons. The fourth-order valence-electron chi connectivity index (χ4n) is 2.94. The number of rotatable bonds is 7. The standard InChI is InChI=1S/C21H30N2O4/c1-21(2,3)27-20(25)23(15-11-12-15)14-13-22-19(24)17-9-4-5-10-18(17)26-16-7-6-8-16/h4-5,9-10,15-16H,6-8,11-14H2,1-3H3,(H,22,24). The van der Waals surface area contributed by atoms with Gasteiger partial charge >= 0.3 is 6.09 Å². The van der Waals surface area contributed by atoms with Crippen LogP contribution < -0.4 is 10.1 Å². The minimum absolute atomic E-state index is 0.176. The predicted molar refractivity (Wildman–Crippen MR) is 103 cm³/mol. The maximum atomic E-state index is 12.6. The summed E-state index contributed by atoms with van der Waals surface area (Å²) in [6.45, 7) is 6.40. The van der Waals surface area contributed by atoms with Crippen LogP contribution in [0.4, 0.5) is 4.79 Å². The van der Waals surface area contributed by atoms with Gasteiger partial charge in [-0.25, -0.2) is 4.79 Å². The Balaban J connectivity index is 1.53. The summed E-state index contributed by atoms with van der Waals surface area (Å²) < 4.78 is 11.4. The van der Waals surface area contributed by atoms with Crippen molar-refractivity contribution in [1.82, 2.24) is 10.2 Å². The number of carbonyl (C=O) groups excluding carboxylic acids is 2. The van der Waals surface area contributed by atoms with E-state index in [1.54, 1.807) is 11.0 Å². The second-order valence-electron chi connectivity index (χ2n) is 8.33. The lowest BCUT2D eigenvalue weighted by molar-refractivity contribution is 0.0234. The molecule has 0 aliphatic heterocycles. The Bertz CT molecular complexity index is 675. The van der Waals surface area contributed by atoms with Gasteiger partial charge in [0, 0.05) is 19.1 Å². The summed E-state index contributed by atoms with van der Waals surface area (Å²) >= 11 is 0. The topological polar surface area (TPSA) is 67.9 Å². The Kier molecular flexibility index (Phi) is 5.92. The molecule has 2 amide bonds. The maximum absolute atomic E-state index is 12.6. The van der Waals surface area contributed by atoms with Crippen LogP contribution in [0.5, 0.6) is 5.75 Å². The van der Waals surface area contributed by atoms with E-state index in [2.05, 4.69) is 5.32 Å². The quantitative estimate of drug-likeness (QED) is 0.789. The fourth-order valence-corrected chi connectivity index (χ4v) is 2.94. The Labute approximate surface area is 161 Å². The molecule has 0 saturated heterocycles. The molecule has 0 atom stereocenters. The normalized spacial score (nSPS) is 17.0. The predicted octanol–water partition coefficient (Wildman–Crippen LogP) is 3.75. The van der Waals surface area contributed by atoms with Crippen molar-refractivity contribution >= 4 is 12.0 Å². The Hall–Kier alpha value is -2.24. The lowest BCUT2D eigenvalue weighted by atomic mass is 9.96. The van der Waals surface area contributed by atoms with Gasteiger partial charge in [-0.2, -0.15) is 0 Å². The minimum atomic E-state index is -0.523. The van der Waals surface area contributed by atoms with Crippen molar-refractivity contribution < 1.29 is 19.1 Å². The van der Waals surface area contributed by atoms with E-state index in [1.165, 1.54) is 6.42 Å². The highest BCUT2D eigenvalue weighted by molar-refractivity contribution is 5.96.